The van der Waals surface area contributed by atoms with Crippen molar-refractivity contribution < 1.29 is 19.7 Å². The number of aliphatic hydroxyl groups is 2. The van der Waals surface area contributed by atoms with Gasteiger partial charge < -0.3 is 14.9 Å². The highest BCUT2D eigenvalue weighted by molar-refractivity contribution is 7.13. The van der Waals surface area contributed by atoms with E-state index in [0.29, 0.717) is 27.8 Å². The first-order chi connectivity index (χ1) is 15.8. The number of aliphatic hydroxyl groups excluding tert-OH is 2. The molecule has 0 radical (unpaired) electrons. The lowest BCUT2D eigenvalue weighted by atomic mass is 9.85. The third-order valence-electron chi connectivity index (χ3n) is 6.37. The molecule has 1 aromatic carbocycles. The number of aryl methyl sites for hydroxylation is 2. The summed E-state index contributed by atoms with van der Waals surface area (Å²) >= 11 is 20.3. The normalized spacial score (nSPS) is 23.6. The summed E-state index contributed by atoms with van der Waals surface area (Å²) in [5.41, 5.74) is 1.07. The molecular weight excluding hydrogens is 503 g/mol. The SMILES string of the molecule is CC[C@@H](O)COC(=O)c1ccc(CCC[C@@H]2[C@@H](CCc3cc(Cl)cc(Cl)c3)[C@H](O)C[C@H]2Cl)s1. The molecule has 1 heterocycles. The fourth-order valence-electron chi connectivity index (χ4n) is 4.52. The molecule has 182 valence electrons. The Labute approximate surface area is 214 Å². The van der Waals surface area contributed by atoms with Crippen molar-refractivity contribution in [3.05, 3.63) is 55.7 Å². The summed E-state index contributed by atoms with van der Waals surface area (Å²) in [7, 11) is 0. The van der Waals surface area contributed by atoms with Crippen LogP contribution in [0, 0.1) is 11.8 Å². The molecule has 0 aliphatic heterocycles. The van der Waals surface area contributed by atoms with E-state index in [1.807, 2.05) is 25.1 Å². The predicted octanol–water partition coefficient (Wildman–Crippen LogP) is 6.54. The van der Waals surface area contributed by atoms with Crippen LogP contribution in [0.5, 0.6) is 0 Å². The molecule has 1 fully saturated rings. The highest BCUT2D eigenvalue weighted by Gasteiger charge is 2.40. The number of alkyl halides is 1. The van der Waals surface area contributed by atoms with Gasteiger partial charge in [-0.1, -0.05) is 30.1 Å². The van der Waals surface area contributed by atoms with Crippen LogP contribution in [0.25, 0.3) is 0 Å². The summed E-state index contributed by atoms with van der Waals surface area (Å²) < 4.78 is 5.16. The Kier molecular flexibility index (Phi) is 10.4. The fraction of sp³-hybridized carbons (Fsp3) is 0.560. The Balaban J connectivity index is 1.50. The Morgan fingerprint density at radius 1 is 1.15 bits per heavy atom. The largest absolute Gasteiger partial charge is 0.459 e. The minimum atomic E-state index is -0.623. The molecule has 0 amide bonds. The van der Waals surface area contributed by atoms with Gasteiger partial charge in [0.05, 0.1) is 12.2 Å². The maximum Gasteiger partial charge on any atom is 0.348 e. The van der Waals surface area contributed by atoms with E-state index in [0.717, 1.165) is 42.5 Å². The summed E-state index contributed by atoms with van der Waals surface area (Å²) in [5.74, 6) is 0.0000437. The molecule has 1 aliphatic rings. The second kappa shape index (κ2) is 12.8. The van der Waals surface area contributed by atoms with Crippen LogP contribution < -0.4 is 0 Å². The maximum absolute atomic E-state index is 12.1. The van der Waals surface area contributed by atoms with E-state index < -0.39 is 12.2 Å². The Morgan fingerprint density at radius 3 is 2.58 bits per heavy atom. The van der Waals surface area contributed by atoms with Gasteiger partial charge in [-0.3, -0.25) is 0 Å². The second-order valence-corrected chi connectivity index (χ2v) is 11.4. The number of hydrogen-bond acceptors (Lipinski definition) is 5. The van der Waals surface area contributed by atoms with Crippen LogP contribution in [0.4, 0.5) is 0 Å². The zero-order valence-electron chi connectivity index (χ0n) is 18.7. The molecule has 1 aromatic heterocycles. The molecular formula is C25H31Cl3O4S. The lowest BCUT2D eigenvalue weighted by Gasteiger charge is -2.23. The molecule has 2 aromatic rings. The first-order valence-corrected chi connectivity index (χ1v) is 13.5. The third-order valence-corrected chi connectivity index (χ3v) is 8.43. The summed E-state index contributed by atoms with van der Waals surface area (Å²) in [4.78, 5) is 13.8. The zero-order valence-corrected chi connectivity index (χ0v) is 21.8. The van der Waals surface area contributed by atoms with Crippen molar-refractivity contribution in [1.82, 2.24) is 0 Å². The van der Waals surface area contributed by atoms with E-state index in [9.17, 15) is 15.0 Å². The molecule has 2 N–H and O–H groups in total. The fourth-order valence-corrected chi connectivity index (χ4v) is 6.53. The number of carbonyl (C=O) groups excluding carboxylic acids is 1. The number of halogens is 3. The van der Waals surface area contributed by atoms with Crippen LogP contribution >= 0.6 is 46.1 Å². The first-order valence-electron chi connectivity index (χ1n) is 11.5. The molecule has 0 spiro atoms. The van der Waals surface area contributed by atoms with Crippen molar-refractivity contribution in [1.29, 1.82) is 0 Å². The summed E-state index contributed by atoms with van der Waals surface area (Å²) in [6, 6.07) is 9.30. The average Bonchev–Trinajstić information content (AvgIpc) is 3.34. The number of hydrogen-bond donors (Lipinski definition) is 2. The summed E-state index contributed by atoms with van der Waals surface area (Å²) in [6.07, 6.45) is 4.49. The highest BCUT2D eigenvalue weighted by Crippen LogP contribution is 2.42. The smallest absolute Gasteiger partial charge is 0.348 e. The van der Waals surface area contributed by atoms with Gasteiger partial charge >= 0.3 is 5.97 Å². The Bertz CT molecular complexity index is 899. The average molecular weight is 534 g/mol. The number of rotatable bonds is 11. The van der Waals surface area contributed by atoms with Gasteiger partial charge in [0.1, 0.15) is 11.5 Å². The second-order valence-electron chi connectivity index (χ2n) is 8.78. The molecule has 3 rings (SSSR count). The molecule has 5 atom stereocenters. The van der Waals surface area contributed by atoms with Gasteiger partial charge in [0.25, 0.3) is 0 Å². The number of carbonyl (C=O) groups is 1. The predicted molar refractivity (Wildman–Crippen MR) is 136 cm³/mol. The quantitative estimate of drug-likeness (QED) is 0.254. The lowest BCUT2D eigenvalue weighted by molar-refractivity contribution is 0.0255. The van der Waals surface area contributed by atoms with Crippen molar-refractivity contribution in [3.8, 4) is 0 Å². The first kappa shape index (κ1) is 26.8. The highest BCUT2D eigenvalue weighted by atomic mass is 35.5. The molecule has 0 saturated heterocycles. The number of benzene rings is 1. The van der Waals surface area contributed by atoms with E-state index in [-0.39, 0.29) is 29.8 Å². The van der Waals surface area contributed by atoms with Crippen LogP contribution in [0.1, 0.15) is 59.1 Å². The van der Waals surface area contributed by atoms with Crippen molar-refractivity contribution in [3.63, 3.8) is 0 Å². The maximum atomic E-state index is 12.1. The van der Waals surface area contributed by atoms with E-state index >= 15 is 0 Å². The molecule has 8 heteroatoms. The molecule has 0 bridgehead atoms. The standard InChI is InChI=1S/C25H31Cl3O4S/c1-2-18(29)14-32-25(31)24-9-7-19(33-24)4-3-5-20-21(23(30)13-22(20)28)8-6-15-10-16(26)12-17(27)11-15/h7,9-12,18,20-23,29-30H,2-6,8,13-14H2,1H3/t18-,20-,21-,22-,23-/m1/s1. The van der Waals surface area contributed by atoms with E-state index in [4.69, 9.17) is 39.5 Å². The van der Waals surface area contributed by atoms with Gasteiger partial charge in [-0.25, -0.2) is 4.79 Å². The molecule has 33 heavy (non-hydrogen) atoms. The van der Waals surface area contributed by atoms with E-state index in [1.54, 1.807) is 12.1 Å². The van der Waals surface area contributed by atoms with Gasteiger partial charge in [-0.2, -0.15) is 0 Å². The monoisotopic (exact) mass is 532 g/mol. The Hall–Kier alpha value is -0.820. The van der Waals surface area contributed by atoms with Crippen molar-refractivity contribution in [2.24, 2.45) is 11.8 Å². The third kappa shape index (κ3) is 7.84. The molecule has 4 nitrogen and oxygen atoms in total. The van der Waals surface area contributed by atoms with E-state index in [2.05, 4.69) is 0 Å². The molecule has 1 aliphatic carbocycles. The zero-order chi connectivity index (χ0) is 24.0. The number of ether oxygens (including phenoxy) is 1. The minimum absolute atomic E-state index is 0.0203. The van der Waals surface area contributed by atoms with Gasteiger partial charge in [-0.05, 0) is 92.7 Å². The number of esters is 1. The lowest BCUT2D eigenvalue weighted by Crippen LogP contribution is -2.21. The van der Waals surface area contributed by atoms with Crippen LogP contribution in [0.2, 0.25) is 10.0 Å². The van der Waals surface area contributed by atoms with Gasteiger partial charge in [-0.15, -0.1) is 22.9 Å². The van der Waals surface area contributed by atoms with Gasteiger partial charge in [0.15, 0.2) is 0 Å². The number of thiophene rings is 1. The topological polar surface area (TPSA) is 66.8 Å². The van der Waals surface area contributed by atoms with Crippen LogP contribution in [-0.2, 0) is 17.6 Å². The van der Waals surface area contributed by atoms with Gasteiger partial charge in [0.2, 0.25) is 0 Å². The van der Waals surface area contributed by atoms with Gasteiger partial charge in [0, 0.05) is 20.3 Å². The molecule has 0 unspecified atom stereocenters. The van der Waals surface area contributed by atoms with Crippen LogP contribution in [0.15, 0.2) is 30.3 Å². The van der Waals surface area contributed by atoms with E-state index in [1.165, 1.54) is 11.3 Å². The van der Waals surface area contributed by atoms with Crippen molar-refractivity contribution in [2.75, 3.05) is 6.61 Å². The summed E-state index contributed by atoms with van der Waals surface area (Å²) in [6.45, 7) is 1.86. The van der Waals surface area contributed by atoms with Crippen molar-refractivity contribution >= 4 is 52.1 Å². The van der Waals surface area contributed by atoms with Crippen LogP contribution in [0.3, 0.4) is 0 Å². The summed E-state index contributed by atoms with van der Waals surface area (Å²) in [5, 5.41) is 21.4. The van der Waals surface area contributed by atoms with Crippen LogP contribution in [-0.4, -0.2) is 40.4 Å². The minimum Gasteiger partial charge on any atom is -0.459 e. The van der Waals surface area contributed by atoms with Crippen molar-refractivity contribution in [2.45, 2.75) is 69.5 Å². The Morgan fingerprint density at radius 2 is 1.88 bits per heavy atom. The molecule has 1 saturated carbocycles.